The number of nitrogens with one attached hydrogen (secondary N) is 1. The van der Waals surface area contributed by atoms with Crippen LogP contribution < -0.4 is 10.1 Å². The zero-order chi connectivity index (χ0) is 14.5. The van der Waals surface area contributed by atoms with Gasteiger partial charge in [0.05, 0.1) is 13.2 Å². The van der Waals surface area contributed by atoms with Gasteiger partial charge in [-0.15, -0.1) is 0 Å². The highest BCUT2D eigenvalue weighted by Crippen LogP contribution is 2.28. The molecule has 2 aromatic carbocycles. The topological polar surface area (TPSA) is 21.3 Å². The predicted molar refractivity (Wildman–Crippen MR) is 79.9 cm³/mol. The van der Waals surface area contributed by atoms with E-state index in [1.165, 1.54) is 6.07 Å². The van der Waals surface area contributed by atoms with Crippen molar-refractivity contribution in [1.29, 1.82) is 0 Å². The fourth-order valence-corrected chi connectivity index (χ4v) is 2.33. The molecule has 0 saturated carbocycles. The quantitative estimate of drug-likeness (QED) is 0.892. The van der Waals surface area contributed by atoms with Crippen molar-refractivity contribution in [2.24, 2.45) is 0 Å². The number of ether oxygens (including phenoxy) is 1. The molecule has 0 radical (unpaired) electrons. The van der Waals surface area contributed by atoms with Crippen LogP contribution in [-0.4, -0.2) is 13.7 Å². The number of rotatable bonds is 5. The first-order valence-corrected chi connectivity index (χ1v) is 6.85. The van der Waals surface area contributed by atoms with Crippen molar-refractivity contribution in [3.8, 4) is 5.75 Å². The summed E-state index contributed by atoms with van der Waals surface area (Å²) in [5, 5.41) is 3.68. The molecule has 0 spiro atoms. The molecule has 2 rings (SSSR count). The standard InChI is InChI=1S/C16H17ClFNO/c1-3-19-16(11-5-4-6-13(9-11)20-2)14-8-7-12(17)10-15(14)18/h4-10,16,19H,3H2,1-2H3. The summed E-state index contributed by atoms with van der Waals surface area (Å²) in [6.07, 6.45) is 0. The highest BCUT2D eigenvalue weighted by Gasteiger charge is 2.17. The number of hydrogen-bond donors (Lipinski definition) is 1. The molecule has 0 amide bonds. The van der Waals surface area contributed by atoms with Gasteiger partial charge < -0.3 is 10.1 Å². The zero-order valence-electron chi connectivity index (χ0n) is 11.5. The van der Waals surface area contributed by atoms with E-state index >= 15 is 0 Å². The molecule has 0 aliphatic rings. The van der Waals surface area contributed by atoms with E-state index in [0.717, 1.165) is 17.9 Å². The lowest BCUT2D eigenvalue weighted by molar-refractivity contribution is 0.413. The third kappa shape index (κ3) is 3.30. The second-order valence-corrected chi connectivity index (χ2v) is 4.87. The minimum atomic E-state index is -0.314. The third-order valence-corrected chi connectivity index (χ3v) is 3.34. The molecule has 0 aliphatic heterocycles. The number of benzene rings is 2. The van der Waals surface area contributed by atoms with Crippen molar-refractivity contribution < 1.29 is 9.13 Å². The summed E-state index contributed by atoms with van der Waals surface area (Å²) in [5.41, 5.74) is 1.52. The highest BCUT2D eigenvalue weighted by atomic mass is 35.5. The van der Waals surface area contributed by atoms with Crippen molar-refractivity contribution in [1.82, 2.24) is 5.32 Å². The number of halogens is 2. The van der Waals surface area contributed by atoms with Crippen LogP contribution in [0.4, 0.5) is 4.39 Å². The molecular formula is C16H17ClFNO. The lowest BCUT2D eigenvalue weighted by Crippen LogP contribution is -2.23. The summed E-state index contributed by atoms with van der Waals surface area (Å²) in [6, 6.07) is 12.1. The molecular weight excluding hydrogens is 277 g/mol. The first kappa shape index (κ1) is 14.8. The van der Waals surface area contributed by atoms with Gasteiger partial charge >= 0.3 is 0 Å². The minimum absolute atomic E-state index is 0.229. The van der Waals surface area contributed by atoms with Gasteiger partial charge in [0, 0.05) is 10.6 Å². The Labute approximate surface area is 123 Å². The van der Waals surface area contributed by atoms with Crippen molar-refractivity contribution in [2.45, 2.75) is 13.0 Å². The molecule has 106 valence electrons. The molecule has 4 heteroatoms. The molecule has 0 fully saturated rings. The van der Waals surface area contributed by atoms with Crippen molar-refractivity contribution >= 4 is 11.6 Å². The van der Waals surface area contributed by atoms with Crippen LogP contribution in [0, 0.1) is 5.82 Å². The van der Waals surface area contributed by atoms with Gasteiger partial charge in [0.25, 0.3) is 0 Å². The minimum Gasteiger partial charge on any atom is -0.497 e. The second kappa shape index (κ2) is 6.73. The lowest BCUT2D eigenvalue weighted by atomic mass is 9.98. The number of methoxy groups -OCH3 is 1. The molecule has 2 nitrogen and oxygen atoms in total. The van der Waals surface area contributed by atoms with Crippen LogP contribution in [0.5, 0.6) is 5.75 Å². The van der Waals surface area contributed by atoms with E-state index in [1.807, 2.05) is 31.2 Å². The first-order valence-electron chi connectivity index (χ1n) is 6.48. The molecule has 0 aliphatic carbocycles. The highest BCUT2D eigenvalue weighted by molar-refractivity contribution is 6.30. The zero-order valence-corrected chi connectivity index (χ0v) is 12.2. The SMILES string of the molecule is CCNC(c1cccc(OC)c1)c1ccc(Cl)cc1F. The maximum absolute atomic E-state index is 14.1. The Morgan fingerprint density at radius 1 is 1.25 bits per heavy atom. The van der Waals surface area contributed by atoms with Crippen LogP contribution >= 0.6 is 11.6 Å². The average molecular weight is 294 g/mol. The molecule has 0 saturated heterocycles. The fraction of sp³-hybridized carbons (Fsp3) is 0.250. The van der Waals surface area contributed by atoms with E-state index in [2.05, 4.69) is 5.32 Å². The fourth-order valence-electron chi connectivity index (χ4n) is 2.17. The Balaban J connectivity index is 2.44. The lowest BCUT2D eigenvalue weighted by Gasteiger charge is -2.20. The van der Waals surface area contributed by atoms with E-state index in [0.29, 0.717) is 10.6 Å². The normalized spacial score (nSPS) is 12.2. The molecule has 0 heterocycles. The monoisotopic (exact) mass is 293 g/mol. The Bertz CT molecular complexity index is 588. The Kier molecular flexibility index (Phi) is 4.99. The van der Waals surface area contributed by atoms with Gasteiger partial charge in [0.1, 0.15) is 11.6 Å². The smallest absolute Gasteiger partial charge is 0.129 e. The van der Waals surface area contributed by atoms with E-state index in [9.17, 15) is 4.39 Å². The average Bonchev–Trinajstić information content (AvgIpc) is 2.45. The predicted octanol–water partition coefficient (Wildman–Crippen LogP) is 4.19. The molecule has 1 atom stereocenters. The Morgan fingerprint density at radius 2 is 2.05 bits per heavy atom. The summed E-state index contributed by atoms with van der Waals surface area (Å²) in [4.78, 5) is 0. The van der Waals surface area contributed by atoms with Crippen LogP contribution in [0.1, 0.15) is 24.1 Å². The van der Waals surface area contributed by atoms with Crippen LogP contribution in [0.3, 0.4) is 0 Å². The van der Waals surface area contributed by atoms with Crippen LogP contribution in [0.25, 0.3) is 0 Å². The van der Waals surface area contributed by atoms with E-state index in [4.69, 9.17) is 16.3 Å². The molecule has 0 aromatic heterocycles. The maximum Gasteiger partial charge on any atom is 0.129 e. The summed E-state index contributed by atoms with van der Waals surface area (Å²) < 4.78 is 19.4. The van der Waals surface area contributed by atoms with Gasteiger partial charge in [-0.3, -0.25) is 0 Å². The van der Waals surface area contributed by atoms with Crippen molar-refractivity contribution in [3.63, 3.8) is 0 Å². The van der Waals surface area contributed by atoms with E-state index in [-0.39, 0.29) is 11.9 Å². The largest absolute Gasteiger partial charge is 0.497 e. The van der Waals surface area contributed by atoms with Gasteiger partial charge in [0.15, 0.2) is 0 Å². The van der Waals surface area contributed by atoms with Gasteiger partial charge in [-0.2, -0.15) is 0 Å². The molecule has 1 N–H and O–H groups in total. The second-order valence-electron chi connectivity index (χ2n) is 4.43. The van der Waals surface area contributed by atoms with Gasteiger partial charge in [-0.05, 0) is 36.4 Å². The molecule has 0 bridgehead atoms. The Hall–Kier alpha value is -1.58. The van der Waals surface area contributed by atoms with Crippen LogP contribution in [0.15, 0.2) is 42.5 Å². The number of hydrogen-bond acceptors (Lipinski definition) is 2. The summed E-state index contributed by atoms with van der Waals surface area (Å²) in [6.45, 7) is 2.71. The maximum atomic E-state index is 14.1. The summed E-state index contributed by atoms with van der Waals surface area (Å²) in [7, 11) is 1.62. The van der Waals surface area contributed by atoms with Gasteiger partial charge in [-0.1, -0.05) is 36.7 Å². The third-order valence-electron chi connectivity index (χ3n) is 3.11. The van der Waals surface area contributed by atoms with Crippen LogP contribution in [0.2, 0.25) is 5.02 Å². The summed E-state index contributed by atoms with van der Waals surface area (Å²) in [5.74, 6) is 0.436. The van der Waals surface area contributed by atoms with Crippen molar-refractivity contribution in [3.05, 3.63) is 64.4 Å². The summed E-state index contributed by atoms with van der Waals surface area (Å²) >= 11 is 5.81. The molecule has 20 heavy (non-hydrogen) atoms. The van der Waals surface area contributed by atoms with Crippen LogP contribution in [-0.2, 0) is 0 Å². The van der Waals surface area contributed by atoms with Gasteiger partial charge in [0.2, 0.25) is 0 Å². The first-order chi connectivity index (χ1) is 9.65. The van der Waals surface area contributed by atoms with Crippen molar-refractivity contribution in [2.75, 3.05) is 13.7 Å². The Morgan fingerprint density at radius 3 is 2.70 bits per heavy atom. The molecule has 2 aromatic rings. The van der Waals surface area contributed by atoms with Gasteiger partial charge in [-0.25, -0.2) is 4.39 Å². The molecule has 1 unspecified atom stereocenters. The van der Waals surface area contributed by atoms with E-state index < -0.39 is 0 Å². The van der Waals surface area contributed by atoms with E-state index in [1.54, 1.807) is 19.2 Å².